The minimum atomic E-state index is -4.64. The summed E-state index contributed by atoms with van der Waals surface area (Å²) in [4.78, 5) is 21.7. The van der Waals surface area contributed by atoms with Crippen LogP contribution in [-0.4, -0.2) is 64.2 Å². The van der Waals surface area contributed by atoms with E-state index in [9.17, 15) is 26.4 Å². The van der Waals surface area contributed by atoms with Gasteiger partial charge in [-0.15, -0.1) is 0 Å². The first-order valence-corrected chi connectivity index (χ1v) is 13.5. The van der Waals surface area contributed by atoms with Crippen molar-refractivity contribution in [2.75, 3.05) is 19.3 Å². The number of carbonyl (C=O) groups is 1. The molecule has 0 aliphatic carbocycles. The maximum absolute atomic E-state index is 13.8. The number of rotatable bonds is 5. The minimum absolute atomic E-state index is 0.0739. The summed E-state index contributed by atoms with van der Waals surface area (Å²) in [5, 5.41) is 10.5. The van der Waals surface area contributed by atoms with Crippen molar-refractivity contribution in [2.24, 2.45) is 0 Å². The van der Waals surface area contributed by atoms with Gasteiger partial charge in [0, 0.05) is 48.0 Å². The predicted molar refractivity (Wildman–Crippen MR) is 134 cm³/mol. The summed E-state index contributed by atoms with van der Waals surface area (Å²) in [6.45, 7) is 1.48. The Kier molecular flexibility index (Phi) is 6.43. The Balaban J connectivity index is 1.48. The number of hydrogen-bond donors (Lipinski definition) is 2. The molecule has 2 atom stereocenters. The number of carbonyl (C=O) groups excluding carboxylic acids is 1. The van der Waals surface area contributed by atoms with Gasteiger partial charge in [0.2, 0.25) is 10.0 Å². The van der Waals surface area contributed by atoms with Crippen LogP contribution in [0.4, 0.5) is 13.2 Å². The second-order valence-corrected chi connectivity index (χ2v) is 11.2. The van der Waals surface area contributed by atoms with E-state index in [2.05, 4.69) is 25.5 Å². The van der Waals surface area contributed by atoms with E-state index in [0.29, 0.717) is 16.7 Å². The van der Waals surface area contributed by atoms with Crippen LogP contribution in [0, 0.1) is 6.92 Å². The van der Waals surface area contributed by atoms with Crippen LogP contribution in [0.5, 0.6) is 0 Å². The van der Waals surface area contributed by atoms with Crippen LogP contribution < -0.4 is 5.32 Å². The fraction of sp³-hybridized carbons (Fsp3) is 0.280. The van der Waals surface area contributed by atoms with E-state index in [1.165, 1.54) is 24.4 Å². The van der Waals surface area contributed by atoms with Crippen LogP contribution in [0.25, 0.3) is 22.3 Å². The maximum Gasteiger partial charge on any atom is 0.416 e. The number of fused-ring (bicyclic) bond motifs is 1. The van der Waals surface area contributed by atoms with Crippen molar-refractivity contribution < 1.29 is 26.4 Å². The largest absolute Gasteiger partial charge is 0.416 e. The lowest BCUT2D eigenvalue weighted by atomic mass is 9.90. The number of benzene rings is 1. The van der Waals surface area contributed by atoms with Crippen molar-refractivity contribution in [1.29, 1.82) is 0 Å². The van der Waals surface area contributed by atoms with Gasteiger partial charge in [-0.1, -0.05) is 18.2 Å². The number of amides is 1. The third-order valence-electron chi connectivity index (χ3n) is 6.59. The lowest BCUT2D eigenvalue weighted by Crippen LogP contribution is -2.40. The van der Waals surface area contributed by atoms with Gasteiger partial charge in [0.25, 0.3) is 5.91 Å². The molecule has 0 unspecified atom stereocenters. The molecule has 1 fully saturated rings. The summed E-state index contributed by atoms with van der Waals surface area (Å²) >= 11 is 0. The van der Waals surface area contributed by atoms with E-state index < -0.39 is 39.6 Å². The highest BCUT2D eigenvalue weighted by molar-refractivity contribution is 7.88. The normalized spacial score (nSPS) is 18.7. The highest BCUT2D eigenvalue weighted by Gasteiger charge is 2.43. The summed E-state index contributed by atoms with van der Waals surface area (Å²) in [5.74, 6) is -1.50. The number of halogens is 3. The summed E-state index contributed by atoms with van der Waals surface area (Å²) in [6, 6.07) is 9.32. The molecule has 1 aromatic carbocycles. The topological polar surface area (TPSA) is 121 Å². The molecule has 4 heterocycles. The van der Waals surface area contributed by atoms with Gasteiger partial charge in [-0.3, -0.25) is 14.9 Å². The van der Waals surface area contributed by atoms with Gasteiger partial charge in [-0.05, 0) is 36.8 Å². The van der Waals surface area contributed by atoms with Crippen LogP contribution in [0.15, 0.2) is 54.9 Å². The van der Waals surface area contributed by atoms with E-state index in [-0.39, 0.29) is 24.2 Å². The average molecular weight is 545 g/mol. The molecule has 3 aromatic heterocycles. The quantitative estimate of drug-likeness (QED) is 0.397. The van der Waals surface area contributed by atoms with E-state index in [4.69, 9.17) is 0 Å². The molecule has 1 amide bonds. The molecule has 0 radical (unpaired) electrons. The summed E-state index contributed by atoms with van der Waals surface area (Å²) in [6.07, 6.45) is -0.675. The molecule has 1 aliphatic heterocycles. The van der Waals surface area contributed by atoms with Crippen LogP contribution in [-0.2, 0) is 16.2 Å². The molecule has 9 nitrogen and oxygen atoms in total. The monoisotopic (exact) mass is 544 g/mol. The zero-order chi connectivity index (χ0) is 27.2. The highest BCUT2D eigenvalue weighted by Crippen LogP contribution is 2.39. The number of sulfonamides is 1. The SMILES string of the molecule is Cc1cc(-c2n[nH]c3ncc(C(=O)N[C@@H]4CN(S(C)(=O)=O)C[C@H]4c4ccccc4C(F)(F)F)cc23)ccn1. The molecule has 38 heavy (non-hydrogen) atoms. The lowest BCUT2D eigenvalue weighted by Gasteiger charge is -2.23. The molecule has 5 rings (SSSR count). The minimum Gasteiger partial charge on any atom is -0.347 e. The zero-order valence-electron chi connectivity index (χ0n) is 20.3. The van der Waals surface area contributed by atoms with Crippen molar-refractivity contribution in [1.82, 2.24) is 29.8 Å². The maximum atomic E-state index is 13.8. The smallest absolute Gasteiger partial charge is 0.347 e. The number of pyridine rings is 2. The van der Waals surface area contributed by atoms with E-state index in [0.717, 1.165) is 27.9 Å². The Morgan fingerprint density at radius 3 is 2.61 bits per heavy atom. The lowest BCUT2D eigenvalue weighted by molar-refractivity contribution is -0.138. The average Bonchev–Trinajstić information content (AvgIpc) is 3.47. The van der Waals surface area contributed by atoms with Gasteiger partial charge < -0.3 is 5.32 Å². The number of H-pyrrole nitrogens is 1. The third kappa shape index (κ3) is 4.98. The number of aromatic nitrogens is 4. The van der Waals surface area contributed by atoms with Gasteiger partial charge in [0.05, 0.1) is 23.4 Å². The van der Waals surface area contributed by atoms with Crippen molar-refractivity contribution in [2.45, 2.75) is 25.1 Å². The molecule has 4 aromatic rings. The fourth-order valence-electron chi connectivity index (χ4n) is 4.77. The van der Waals surface area contributed by atoms with Crippen LogP contribution in [0.1, 0.15) is 33.1 Å². The number of hydrogen-bond acceptors (Lipinski definition) is 6. The van der Waals surface area contributed by atoms with Gasteiger partial charge >= 0.3 is 6.18 Å². The molecular weight excluding hydrogens is 521 g/mol. The summed E-state index contributed by atoms with van der Waals surface area (Å²) in [5.41, 5.74) is 1.79. The highest BCUT2D eigenvalue weighted by atomic mass is 32.2. The van der Waals surface area contributed by atoms with E-state index in [1.54, 1.807) is 18.3 Å². The zero-order valence-corrected chi connectivity index (χ0v) is 21.1. The molecular formula is C25H23F3N6O3S. The second kappa shape index (κ2) is 9.48. The summed E-state index contributed by atoms with van der Waals surface area (Å²) < 4.78 is 66.9. The Bertz CT molecular complexity index is 1640. The van der Waals surface area contributed by atoms with E-state index in [1.807, 2.05) is 13.0 Å². The van der Waals surface area contributed by atoms with E-state index >= 15 is 0 Å². The number of alkyl halides is 3. The molecule has 1 aliphatic rings. The van der Waals surface area contributed by atoms with Crippen molar-refractivity contribution >= 4 is 27.0 Å². The Labute approximate surface area is 216 Å². The molecule has 0 bridgehead atoms. The number of aromatic amines is 1. The Morgan fingerprint density at radius 1 is 1.13 bits per heavy atom. The number of nitrogens with zero attached hydrogens (tertiary/aromatic N) is 4. The van der Waals surface area contributed by atoms with Gasteiger partial charge in [0.15, 0.2) is 5.65 Å². The third-order valence-corrected chi connectivity index (χ3v) is 7.82. The second-order valence-electron chi connectivity index (χ2n) is 9.23. The molecule has 0 spiro atoms. The number of nitrogens with one attached hydrogen (secondary N) is 2. The van der Waals surface area contributed by atoms with Gasteiger partial charge in [-0.2, -0.15) is 22.6 Å². The first-order valence-electron chi connectivity index (χ1n) is 11.6. The number of aryl methyl sites for hydroxylation is 1. The van der Waals surface area contributed by atoms with Crippen LogP contribution in [0.3, 0.4) is 0 Å². The molecule has 2 N–H and O–H groups in total. The van der Waals surface area contributed by atoms with Crippen LogP contribution >= 0.6 is 0 Å². The molecule has 1 saturated heterocycles. The van der Waals surface area contributed by atoms with Crippen LogP contribution in [0.2, 0.25) is 0 Å². The van der Waals surface area contributed by atoms with Crippen molar-refractivity contribution in [3.05, 3.63) is 77.2 Å². The first-order chi connectivity index (χ1) is 17.9. The van der Waals surface area contributed by atoms with Gasteiger partial charge in [0.1, 0.15) is 5.69 Å². The fourth-order valence-corrected chi connectivity index (χ4v) is 5.63. The Morgan fingerprint density at radius 2 is 1.89 bits per heavy atom. The molecule has 13 heteroatoms. The Hall–Kier alpha value is -3.84. The predicted octanol–water partition coefficient (Wildman–Crippen LogP) is 3.50. The van der Waals surface area contributed by atoms with Gasteiger partial charge in [-0.25, -0.2) is 13.4 Å². The van der Waals surface area contributed by atoms with Crippen molar-refractivity contribution in [3.63, 3.8) is 0 Å². The van der Waals surface area contributed by atoms with Crippen molar-refractivity contribution in [3.8, 4) is 11.3 Å². The molecule has 0 saturated carbocycles. The molecule has 198 valence electrons. The summed E-state index contributed by atoms with van der Waals surface area (Å²) in [7, 11) is -3.72. The first kappa shape index (κ1) is 25.8. The standard InChI is InChI=1S/C25H23F3N6O3S/c1-14-9-15(7-8-29-14)22-18-10-16(11-30-23(18)33-32-22)24(35)31-21-13-34(38(2,36)37)12-19(21)17-5-3-4-6-20(17)25(26,27)28/h3-11,19,21H,12-13H2,1-2H3,(H,31,35)(H,30,32,33)/t19-,21+/m0/s1.